The maximum atomic E-state index is 5.61. The van der Waals surface area contributed by atoms with Crippen LogP contribution in [0.2, 0.25) is 0 Å². The van der Waals surface area contributed by atoms with Gasteiger partial charge in [-0.1, -0.05) is 90.0 Å². The maximum Gasteiger partial charge on any atom is 0.0704 e. The van der Waals surface area contributed by atoms with Crippen molar-refractivity contribution in [2.24, 2.45) is 0 Å². The van der Waals surface area contributed by atoms with Crippen LogP contribution < -0.4 is 0 Å². The van der Waals surface area contributed by atoms with Crippen LogP contribution in [-0.4, -0.2) is 52.9 Å². The van der Waals surface area contributed by atoms with Crippen LogP contribution in [0.4, 0.5) is 0 Å². The Balaban J connectivity index is 2.97. The minimum atomic E-state index is 0.580. The van der Waals surface area contributed by atoms with E-state index in [9.17, 15) is 0 Å². The third-order valence-electron chi connectivity index (χ3n) is 4.74. The molecule has 4 nitrogen and oxygen atoms in total. The lowest BCUT2D eigenvalue weighted by molar-refractivity contribution is 0.000526. The van der Waals surface area contributed by atoms with Gasteiger partial charge in [0.15, 0.2) is 0 Å². The fraction of sp³-hybridized carbons (Fsp3) is 0.917. The summed E-state index contributed by atoms with van der Waals surface area (Å²) in [5.41, 5.74) is 0. The van der Waals surface area contributed by atoms with Gasteiger partial charge in [-0.3, -0.25) is 0 Å². The highest BCUT2D eigenvalue weighted by Gasteiger charge is 1.95. The lowest BCUT2D eigenvalue weighted by Gasteiger charge is -2.07. The van der Waals surface area contributed by atoms with E-state index in [4.69, 9.17) is 18.9 Å². The van der Waals surface area contributed by atoms with E-state index >= 15 is 0 Å². The summed E-state index contributed by atoms with van der Waals surface area (Å²) in [6.45, 7) is 11.1. The molecule has 0 N–H and O–H groups in total. The number of hydrogen-bond acceptors (Lipinski definition) is 4. The molecule has 4 heteroatoms. The first-order chi connectivity index (χ1) is 13.9. The van der Waals surface area contributed by atoms with Crippen LogP contribution in [-0.2, 0) is 18.9 Å². The van der Waals surface area contributed by atoms with Crippen molar-refractivity contribution in [1.29, 1.82) is 0 Å². The quantitative estimate of drug-likeness (QED) is 0.132. The van der Waals surface area contributed by atoms with E-state index in [1.807, 2.05) is 0 Å². The monoisotopic (exact) mass is 400 g/mol. The average molecular weight is 401 g/mol. The lowest BCUT2D eigenvalue weighted by Crippen LogP contribution is -2.12. The molecule has 28 heavy (non-hydrogen) atoms. The van der Waals surface area contributed by atoms with Crippen LogP contribution in [0.3, 0.4) is 0 Å². The summed E-state index contributed by atoms with van der Waals surface area (Å²) in [6, 6.07) is 0. The number of rotatable bonds is 25. The molecule has 0 unspecified atom stereocenters. The molecule has 0 bridgehead atoms. The first-order valence-corrected chi connectivity index (χ1v) is 11.8. The number of hydrogen-bond donors (Lipinski definition) is 0. The summed E-state index contributed by atoms with van der Waals surface area (Å²) in [5.74, 6) is 0. The van der Waals surface area contributed by atoms with Gasteiger partial charge in [0.2, 0.25) is 0 Å². The van der Waals surface area contributed by atoms with E-state index in [-0.39, 0.29) is 0 Å². The van der Waals surface area contributed by atoms with E-state index < -0.39 is 0 Å². The minimum absolute atomic E-state index is 0.580. The molecule has 0 aromatic heterocycles. The van der Waals surface area contributed by atoms with E-state index in [1.54, 1.807) is 6.08 Å². The molecular formula is C24H48O4. The molecule has 0 atom stereocenters. The van der Waals surface area contributed by atoms with Crippen molar-refractivity contribution >= 4 is 0 Å². The van der Waals surface area contributed by atoms with Crippen LogP contribution in [0.1, 0.15) is 90.4 Å². The normalized spacial score (nSPS) is 11.2. The standard InChI is InChI=1S/C24H48O4/c1-3-5-6-7-8-9-10-11-12-13-14-15-16-18-26-20-22-28-24-23-27-21-19-25-17-4-2/h4H,2-3,5-24H2,1H3. The molecule has 0 aliphatic rings. The second kappa shape index (κ2) is 26.6. The van der Waals surface area contributed by atoms with Crippen LogP contribution in [0, 0.1) is 0 Å². The van der Waals surface area contributed by atoms with Gasteiger partial charge in [-0.25, -0.2) is 0 Å². The summed E-state index contributed by atoms with van der Waals surface area (Å²) < 4.78 is 21.7. The van der Waals surface area contributed by atoms with E-state index in [1.165, 1.54) is 83.5 Å². The van der Waals surface area contributed by atoms with Gasteiger partial charge in [0.25, 0.3) is 0 Å². The Labute approximate surface area is 175 Å². The van der Waals surface area contributed by atoms with Crippen LogP contribution in [0.5, 0.6) is 0 Å². The second-order valence-electron chi connectivity index (χ2n) is 7.44. The summed E-state index contributed by atoms with van der Waals surface area (Å²) in [6.07, 6.45) is 19.7. The van der Waals surface area contributed by atoms with E-state index in [2.05, 4.69) is 13.5 Å². The van der Waals surface area contributed by atoms with Crippen molar-refractivity contribution in [3.05, 3.63) is 12.7 Å². The van der Waals surface area contributed by atoms with Gasteiger partial charge in [0, 0.05) is 6.61 Å². The zero-order chi connectivity index (χ0) is 20.4. The first-order valence-electron chi connectivity index (χ1n) is 11.8. The number of unbranched alkanes of at least 4 members (excludes halogenated alkanes) is 12. The molecule has 0 aliphatic carbocycles. The molecule has 0 heterocycles. The molecule has 0 amide bonds. The predicted molar refractivity (Wildman–Crippen MR) is 119 cm³/mol. The third-order valence-corrected chi connectivity index (χ3v) is 4.74. The van der Waals surface area contributed by atoms with Gasteiger partial charge in [0.05, 0.1) is 46.2 Å². The van der Waals surface area contributed by atoms with Gasteiger partial charge in [-0.2, -0.15) is 0 Å². The Morgan fingerprint density at radius 2 is 0.821 bits per heavy atom. The zero-order valence-electron chi connectivity index (χ0n) is 18.8. The maximum absolute atomic E-state index is 5.61. The molecule has 168 valence electrons. The van der Waals surface area contributed by atoms with Crippen molar-refractivity contribution < 1.29 is 18.9 Å². The van der Waals surface area contributed by atoms with Gasteiger partial charge >= 0.3 is 0 Å². The van der Waals surface area contributed by atoms with Crippen molar-refractivity contribution in [3.8, 4) is 0 Å². The minimum Gasteiger partial charge on any atom is -0.379 e. The Kier molecular flexibility index (Phi) is 26.2. The Hall–Kier alpha value is -0.420. The fourth-order valence-electron chi connectivity index (χ4n) is 3.05. The van der Waals surface area contributed by atoms with Crippen molar-refractivity contribution in [2.75, 3.05) is 52.9 Å². The smallest absolute Gasteiger partial charge is 0.0704 e. The lowest BCUT2D eigenvalue weighted by atomic mass is 10.0. The summed E-state index contributed by atoms with van der Waals surface area (Å²) in [5, 5.41) is 0. The topological polar surface area (TPSA) is 36.9 Å². The molecule has 0 saturated heterocycles. The van der Waals surface area contributed by atoms with Crippen LogP contribution >= 0.6 is 0 Å². The SMILES string of the molecule is C=CCOCCOCCOCCOCCCCCCCCCCCCCCC. The van der Waals surface area contributed by atoms with E-state index in [0.717, 1.165) is 6.61 Å². The molecule has 0 radical (unpaired) electrons. The highest BCUT2D eigenvalue weighted by molar-refractivity contribution is 4.63. The zero-order valence-corrected chi connectivity index (χ0v) is 18.8. The third kappa shape index (κ3) is 25.6. The van der Waals surface area contributed by atoms with E-state index in [0.29, 0.717) is 46.2 Å². The Morgan fingerprint density at radius 1 is 0.464 bits per heavy atom. The van der Waals surface area contributed by atoms with Crippen molar-refractivity contribution in [3.63, 3.8) is 0 Å². The molecule has 0 aromatic carbocycles. The van der Waals surface area contributed by atoms with Gasteiger partial charge in [0.1, 0.15) is 0 Å². The molecule has 0 saturated carbocycles. The van der Waals surface area contributed by atoms with Gasteiger partial charge in [-0.05, 0) is 6.42 Å². The molecule has 0 aromatic rings. The molecule has 0 spiro atoms. The average Bonchev–Trinajstić information content (AvgIpc) is 2.71. The summed E-state index contributed by atoms with van der Waals surface area (Å²) in [7, 11) is 0. The summed E-state index contributed by atoms with van der Waals surface area (Å²) in [4.78, 5) is 0. The Morgan fingerprint density at radius 3 is 1.25 bits per heavy atom. The number of ether oxygens (including phenoxy) is 4. The first kappa shape index (κ1) is 27.6. The molecular weight excluding hydrogens is 352 g/mol. The van der Waals surface area contributed by atoms with Crippen LogP contribution in [0.15, 0.2) is 12.7 Å². The van der Waals surface area contributed by atoms with Crippen molar-refractivity contribution in [1.82, 2.24) is 0 Å². The molecule has 0 aliphatic heterocycles. The predicted octanol–water partition coefficient (Wildman–Crippen LogP) is 6.33. The van der Waals surface area contributed by atoms with Gasteiger partial charge < -0.3 is 18.9 Å². The van der Waals surface area contributed by atoms with Crippen molar-refractivity contribution in [2.45, 2.75) is 90.4 Å². The highest BCUT2D eigenvalue weighted by Crippen LogP contribution is 2.12. The second-order valence-corrected chi connectivity index (χ2v) is 7.44. The molecule has 0 fully saturated rings. The largest absolute Gasteiger partial charge is 0.379 e. The van der Waals surface area contributed by atoms with Gasteiger partial charge in [-0.15, -0.1) is 6.58 Å². The fourth-order valence-corrected chi connectivity index (χ4v) is 3.05. The highest BCUT2D eigenvalue weighted by atomic mass is 16.6. The summed E-state index contributed by atoms with van der Waals surface area (Å²) >= 11 is 0. The molecule has 0 rings (SSSR count). The van der Waals surface area contributed by atoms with Crippen LogP contribution in [0.25, 0.3) is 0 Å². The Bertz CT molecular complexity index is 284.